The van der Waals surface area contributed by atoms with Gasteiger partial charge in [-0.25, -0.2) is 4.98 Å². The molecule has 0 spiro atoms. The van der Waals surface area contributed by atoms with Crippen LogP contribution in [-0.2, 0) is 4.79 Å². The van der Waals surface area contributed by atoms with Crippen molar-refractivity contribution in [2.75, 3.05) is 12.4 Å². The summed E-state index contributed by atoms with van der Waals surface area (Å²) in [6.07, 6.45) is 1.93. The number of rotatable bonds is 7. The van der Waals surface area contributed by atoms with Gasteiger partial charge in [0.2, 0.25) is 5.91 Å². The molecule has 0 aliphatic rings. The minimum atomic E-state index is -0.242. The summed E-state index contributed by atoms with van der Waals surface area (Å²) in [7, 11) is 1.57. The van der Waals surface area contributed by atoms with E-state index in [1.54, 1.807) is 37.6 Å². The number of amides is 1. The lowest BCUT2D eigenvalue weighted by Gasteiger charge is -2.03. The Morgan fingerprint density at radius 1 is 1.08 bits per heavy atom. The zero-order valence-corrected chi connectivity index (χ0v) is 15.0. The standard InChI is InChI=1S/C19H17N3O3S/c1-25-14-7-5-13(6-8-14)17(23)9-10-18(24)22-19-21-16(12-26-19)15-4-2-3-11-20-15/h2-8,11-12H,9-10H2,1H3,(H,21,22,24). The lowest BCUT2D eigenvalue weighted by Crippen LogP contribution is -2.13. The smallest absolute Gasteiger partial charge is 0.226 e. The molecule has 0 unspecified atom stereocenters. The van der Waals surface area contributed by atoms with Crippen LogP contribution in [0.15, 0.2) is 54.0 Å². The number of benzene rings is 1. The molecule has 0 aliphatic heterocycles. The van der Waals surface area contributed by atoms with E-state index in [4.69, 9.17) is 4.74 Å². The molecule has 0 saturated carbocycles. The van der Waals surface area contributed by atoms with Gasteiger partial charge in [-0.05, 0) is 36.4 Å². The maximum absolute atomic E-state index is 12.1. The number of carbonyl (C=O) groups excluding carboxylic acids is 2. The number of methoxy groups -OCH3 is 1. The summed E-state index contributed by atoms with van der Waals surface area (Å²) in [5, 5.41) is 5.05. The molecule has 0 atom stereocenters. The number of ether oxygens (including phenoxy) is 1. The number of nitrogens with one attached hydrogen (secondary N) is 1. The Hall–Kier alpha value is -3.06. The van der Waals surface area contributed by atoms with Gasteiger partial charge >= 0.3 is 0 Å². The maximum Gasteiger partial charge on any atom is 0.226 e. The fourth-order valence-electron chi connectivity index (χ4n) is 2.29. The second-order valence-electron chi connectivity index (χ2n) is 5.45. The van der Waals surface area contributed by atoms with Gasteiger partial charge in [-0.3, -0.25) is 14.6 Å². The number of Topliss-reactive ketones (excluding diaryl/α,β-unsaturated/α-hetero) is 1. The number of ketones is 1. The molecular formula is C19H17N3O3S. The molecule has 0 radical (unpaired) electrons. The summed E-state index contributed by atoms with van der Waals surface area (Å²) in [5.41, 5.74) is 2.02. The fourth-order valence-corrected chi connectivity index (χ4v) is 3.01. The number of pyridine rings is 1. The van der Waals surface area contributed by atoms with E-state index in [0.717, 1.165) is 5.69 Å². The predicted octanol–water partition coefficient (Wildman–Crippen LogP) is 3.82. The third-order valence-electron chi connectivity index (χ3n) is 3.67. The van der Waals surface area contributed by atoms with Crippen LogP contribution in [-0.4, -0.2) is 28.8 Å². The van der Waals surface area contributed by atoms with Crippen LogP contribution in [0, 0.1) is 0 Å². The van der Waals surface area contributed by atoms with Gasteiger partial charge in [0.25, 0.3) is 0 Å². The second kappa shape index (κ2) is 8.35. The molecule has 0 fully saturated rings. The van der Waals surface area contributed by atoms with Gasteiger partial charge in [0, 0.05) is 30.0 Å². The Kier molecular flexibility index (Phi) is 5.70. The van der Waals surface area contributed by atoms with Gasteiger partial charge < -0.3 is 10.1 Å². The van der Waals surface area contributed by atoms with Gasteiger partial charge in [0.1, 0.15) is 11.4 Å². The fraction of sp³-hybridized carbons (Fsp3) is 0.158. The van der Waals surface area contributed by atoms with Crippen LogP contribution in [0.5, 0.6) is 5.75 Å². The molecule has 3 aromatic rings. The first kappa shape index (κ1) is 17.8. The average Bonchev–Trinajstić information content (AvgIpc) is 3.15. The minimum absolute atomic E-state index is 0.0869. The van der Waals surface area contributed by atoms with E-state index in [1.165, 1.54) is 11.3 Å². The van der Waals surface area contributed by atoms with Crippen LogP contribution in [0.25, 0.3) is 11.4 Å². The Balaban J connectivity index is 1.52. The molecule has 1 N–H and O–H groups in total. The van der Waals surface area contributed by atoms with E-state index in [-0.39, 0.29) is 24.5 Å². The Bertz CT molecular complexity index is 892. The molecule has 3 rings (SSSR count). The highest BCUT2D eigenvalue weighted by atomic mass is 32.1. The zero-order valence-electron chi connectivity index (χ0n) is 14.1. The Labute approximate surface area is 154 Å². The normalized spacial score (nSPS) is 10.3. The van der Waals surface area contributed by atoms with Gasteiger partial charge in [-0.15, -0.1) is 11.3 Å². The van der Waals surface area contributed by atoms with Crippen molar-refractivity contribution in [3.63, 3.8) is 0 Å². The number of anilines is 1. The third kappa shape index (κ3) is 4.52. The number of thiazole rings is 1. The lowest BCUT2D eigenvalue weighted by molar-refractivity contribution is -0.116. The van der Waals surface area contributed by atoms with Crippen molar-refractivity contribution in [2.24, 2.45) is 0 Å². The van der Waals surface area contributed by atoms with Crippen LogP contribution in [0.4, 0.5) is 5.13 Å². The van der Waals surface area contributed by atoms with Crippen LogP contribution < -0.4 is 10.1 Å². The largest absolute Gasteiger partial charge is 0.497 e. The number of hydrogen-bond acceptors (Lipinski definition) is 6. The Morgan fingerprint density at radius 2 is 1.88 bits per heavy atom. The zero-order chi connectivity index (χ0) is 18.4. The van der Waals surface area contributed by atoms with Crippen LogP contribution in [0.3, 0.4) is 0 Å². The molecule has 26 heavy (non-hydrogen) atoms. The lowest BCUT2D eigenvalue weighted by atomic mass is 10.1. The Morgan fingerprint density at radius 3 is 2.58 bits per heavy atom. The van der Waals surface area contributed by atoms with Gasteiger partial charge in [-0.2, -0.15) is 0 Å². The molecule has 2 heterocycles. The molecule has 0 aliphatic carbocycles. The average molecular weight is 367 g/mol. The van der Waals surface area contributed by atoms with E-state index in [1.807, 2.05) is 23.6 Å². The molecule has 7 heteroatoms. The number of hydrogen-bond donors (Lipinski definition) is 1. The summed E-state index contributed by atoms with van der Waals surface area (Å²) in [4.78, 5) is 32.8. The summed E-state index contributed by atoms with van der Waals surface area (Å²) >= 11 is 1.33. The molecule has 0 saturated heterocycles. The molecule has 6 nitrogen and oxygen atoms in total. The van der Waals surface area contributed by atoms with Crippen LogP contribution >= 0.6 is 11.3 Å². The SMILES string of the molecule is COc1ccc(C(=O)CCC(=O)Nc2nc(-c3ccccn3)cs2)cc1. The first-order valence-corrected chi connectivity index (χ1v) is 8.87. The van der Waals surface area contributed by atoms with Crippen molar-refractivity contribution in [1.82, 2.24) is 9.97 Å². The third-order valence-corrected chi connectivity index (χ3v) is 4.43. The molecule has 0 bridgehead atoms. The van der Waals surface area contributed by atoms with Crippen molar-refractivity contribution in [2.45, 2.75) is 12.8 Å². The van der Waals surface area contributed by atoms with Gasteiger partial charge in [0.15, 0.2) is 10.9 Å². The van der Waals surface area contributed by atoms with Crippen molar-refractivity contribution >= 4 is 28.2 Å². The molecular weight excluding hydrogens is 350 g/mol. The minimum Gasteiger partial charge on any atom is -0.497 e. The monoisotopic (exact) mass is 367 g/mol. The first-order valence-electron chi connectivity index (χ1n) is 8.00. The van der Waals surface area contributed by atoms with Crippen molar-refractivity contribution in [3.05, 3.63) is 59.6 Å². The highest BCUT2D eigenvalue weighted by Crippen LogP contribution is 2.23. The first-order chi connectivity index (χ1) is 12.7. The van der Waals surface area contributed by atoms with Crippen molar-refractivity contribution in [3.8, 4) is 17.1 Å². The van der Waals surface area contributed by atoms with E-state index in [9.17, 15) is 9.59 Å². The van der Waals surface area contributed by atoms with Crippen molar-refractivity contribution in [1.29, 1.82) is 0 Å². The second-order valence-corrected chi connectivity index (χ2v) is 6.31. The highest BCUT2D eigenvalue weighted by Gasteiger charge is 2.12. The van der Waals surface area contributed by atoms with Crippen LogP contribution in [0.2, 0.25) is 0 Å². The van der Waals surface area contributed by atoms with E-state index >= 15 is 0 Å². The van der Waals surface area contributed by atoms with E-state index in [2.05, 4.69) is 15.3 Å². The van der Waals surface area contributed by atoms with Gasteiger partial charge in [0.05, 0.1) is 12.8 Å². The summed E-state index contributed by atoms with van der Waals surface area (Å²) in [5.74, 6) is 0.358. The molecule has 1 aromatic carbocycles. The molecule has 132 valence electrons. The summed E-state index contributed by atoms with van der Waals surface area (Å²) in [6.45, 7) is 0. The highest BCUT2D eigenvalue weighted by molar-refractivity contribution is 7.14. The van der Waals surface area contributed by atoms with Crippen LogP contribution in [0.1, 0.15) is 23.2 Å². The van der Waals surface area contributed by atoms with E-state index in [0.29, 0.717) is 22.1 Å². The van der Waals surface area contributed by atoms with E-state index < -0.39 is 0 Å². The summed E-state index contributed by atoms with van der Waals surface area (Å²) < 4.78 is 5.06. The molecule has 1 amide bonds. The molecule has 2 aromatic heterocycles. The topological polar surface area (TPSA) is 81.2 Å². The summed E-state index contributed by atoms with van der Waals surface area (Å²) in [6, 6.07) is 12.4. The maximum atomic E-state index is 12.1. The van der Waals surface area contributed by atoms with Crippen molar-refractivity contribution < 1.29 is 14.3 Å². The number of carbonyl (C=O) groups is 2. The number of nitrogens with zero attached hydrogens (tertiary/aromatic N) is 2. The quantitative estimate of drug-likeness (QED) is 0.642. The predicted molar refractivity (Wildman–Crippen MR) is 101 cm³/mol. The van der Waals surface area contributed by atoms with Gasteiger partial charge in [-0.1, -0.05) is 6.07 Å². The number of aromatic nitrogens is 2.